The molecule has 0 radical (unpaired) electrons. The van der Waals surface area contributed by atoms with Crippen molar-refractivity contribution in [2.75, 3.05) is 20.8 Å². The van der Waals surface area contributed by atoms with Crippen LogP contribution in [-0.2, 0) is 9.53 Å². The minimum atomic E-state index is -0.804. The second-order valence-corrected chi connectivity index (χ2v) is 9.65. The van der Waals surface area contributed by atoms with E-state index in [-0.39, 0.29) is 23.5 Å². The summed E-state index contributed by atoms with van der Waals surface area (Å²) in [5, 5.41) is 9.98. The molecule has 0 spiro atoms. The van der Waals surface area contributed by atoms with Gasteiger partial charge in [-0.05, 0) is 48.4 Å². The highest BCUT2D eigenvalue weighted by Gasteiger charge is 2.35. The SMILES string of the molecule is CCOC(=O)C1=C(c2ccccc2)N=c2s/c(=C\c3ccc(O)c(OC)c3)c(=O)n2[C@H]1c1cccc(OC)c1. The average Bonchev–Trinajstić information content (AvgIpc) is 3.27. The number of nitrogens with zero attached hydrogens (tertiary/aromatic N) is 2. The van der Waals surface area contributed by atoms with Crippen molar-refractivity contribution in [3.05, 3.63) is 115 Å². The molecule has 0 amide bonds. The molecule has 1 N–H and O–H groups in total. The molecule has 8 nitrogen and oxygen atoms in total. The largest absolute Gasteiger partial charge is 0.504 e. The molecule has 0 saturated heterocycles. The summed E-state index contributed by atoms with van der Waals surface area (Å²) in [4.78, 5) is 32.7. The minimum absolute atomic E-state index is 0.000663. The molecule has 39 heavy (non-hydrogen) atoms. The van der Waals surface area contributed by atoms with Crippen molar-refractivity contribution in [3.8, 4) is 17.2 Å². The van der Waals surface area contributed by atoms with Gasteiger partial charge in [-0.2, -0.15) is 0 Å². The van der Waals surface area contributed by atoms with E-state index in [1.54, 1.807) is 44.4 Å². The first-order valence-electron chi connectivity index (χ1n) is 12.2. The number of esters is 1. The van der Waals surface area contributed by atoms with E-state index >= 15 is 0 Å². The molecule has 5 rings (SSSR count). The number of carbonyl (C=O) groups is 1. The molecular weight excluding hydrogens is 516 g/mol. The van der Waals surface area contributed by atoms with Gasteiger partial charge < -0.3 is 19.3 Å². The molecule has 3 aromatic carbocycles. The van der Waals surface area contributed by atoms with E-state index in [1.807, 2.05) is 42.5 Å². The zero-order chi connectivity index (χ0) is 27.5. The molecule has 1 aliphatic rings. The number of hydrogen-bond donors (Lipinski definition) is 1. The highest BCUT2D eigenvalue weighted by Crippen LogP contribution is 2.36. The van der Waals surface area contributed by atoms with Crippen LogP contribution in [0.5, 0.6) is 17.2 Å². The lowest BCUT2D eigenvalue weighted by Gasteiger charge is -2.26. The topological polar surface area (TPSA) is 99.4 Å². The molecular formula is C30H26N2O6S. The maximum absolute atomic E-state index is 13.9. The number of phenols is 1. The maximum Gasteiger partial charge on any atom is 0.338 e. The first-order valence-corrected chi connectivity index (χ1v) is 13.1. The van der Waals surface area contributed by atoms with E-state index in [4.69, 9.17) is 19.2 Å². The molecule has 1 aromatic heterocycles. The van der Waals surface area contributed by atoms with Crippen LogP contribution in [0.25, 0.3) is 11.8 Å². The van der Waals surface area contributed by atoms with Crippen molar-refractivity contribution in [1.82, 2.24) is 4.57 Å². The van der Waals surface area contributed by atoms with Gasteiger partial charge in [0.1, 0.15) is 5.75 Å². The van der Waals surface area contributed by atoms with Crippen LogP contribution >= 0.6 is 11.3 Å². The zero-order valence-electron chi connectivity index (χ0n) is 21.6. The Morgan fingerprint density at radius 1 is 1.05 bits per heavy atom. The van der Waals surface area contributed by atoms with Crippen molar-refractivity contribution in [2.24, 2.45) is 4.99 Å². The van der Waals surface area contributed by atoms with Crippen molar-refractivity contribution in [3.63, 3.8) is 0 Å². The van der Waals surface area contributed by atoms with E-state index in [1.165, 1.54) is 29.1 Å². The molecule has 0 unspecified atom stereocenters. The third-order valence-corrected chi connectivity index (χ3v) is 7.27. The number of carbonyl (C=O) groups excluding carboxylic acids is 1. The van der Waals surface area contributed by atoms with Crippen molar-refractivity contribution < 1.29 is 24.1 Å². The van der Waals surface area contributed by atoms with Crippen molar-refractivity contribution >= 4 is 29.1 Å². The third-order valence-electron chi connectivity index (χ3n) is 6.28. The predicted octanol–water partition coefficient (Wildman–Crippen LogP) is 3.66. The summed E-state index contributed by atoms with van der Waals surface area (Å²) in [7, 11) is 3.02. The second-order valence-electron chi connectivity index (χ2n) is 8.64. The van der Waals surface area contributed by atoms with Crippen molar-refractivity contribution in [2.45, 2.75) is 13.0 Å². The fourth-order valence-electron chi connectivity index (χ4n) is 4.50. The molecule has 4 aromatic rings. The summed E-state index contributed by atoms with van der Waals surface area (Å²) in [6.07, 6.45) is 1.71. The highest BCUT2D eigenvalue weighted by molar-refractivity contribution is 7.07. The number of hydrogen-bond acceptors (Lipinski definition) is 8. The van der Waals surface area contributed by atoms with Crippen LogP contribution < -0.4 is 24.4 Å². The van der Waals surface area contributed by atoms with Crippen LogP contribution in [0.15, 0.2) is 88.2 Å². The average molecular weight is 543 g/mol. The number of aromatic nitrogens is 1. The molecule has 2 heterocycles. The molecule has 0 saturated carbocycles. The monoisotopic (exact) mass is 542 g/mol. The Balaban J connectivity index is 1.82. The lowest BCUT2D eigenvalue weighted by atomic mass is 9.93. The van der Waals surface area contributed by atoms with Gasteiger partial charge in [0.2, 0.25) is 0 Å². The highest BCUT2D eigenvalue weighted by atomic mass is 32.1. The Morgan fingerprint density at radius 3 is 2.56 bits per heavy atom. The van der Waals surface area contributed by atoms with Gasteiger partial charge in [-0.1, -0.05) is 59.9 Å². The number of thiazole rings is 1. The molecule has 198 valence electrons. The molecule has 0 aliphatic carbocycles. The summed E-state index contributed by atoms with van der Waals surface area (Å²) in [5.74, 6) is 0.334. The fraction of sp³-hybridized carbons (Fsp3) is 0.167. The third kappa shape index (κ3) is 4.96. The van der Waals surface area contributed by atoms with Gasteiger partial charge in [-0.25, -0.2) is 9.79 Å². The normalized spacial score (nSPS) is 14.9. The first-order chi connectivity index (χ1) is 18.9. The molecule has 0 bridgehead atoms. The van der Waals surface area contributed by atoms with Crippen LogP contribution in [0.3, 0.4) is 0 Å². The smallest absolute Gasteiger partial charge is 0.338 e. The van der Waals surface area contributed by atoms with E-state index in [0.29, 0.717) is 37.7 Å². The van der Waals surface area contributed by atoms with Crippen LogP contribution in [-0.4, -0.2) is 36.5 Å². The quantitative estimate of drug-likeness (QED) is 0.358. The van der Waals surface area contributed by atoms with Gasteiger partial charge in [-0.3, -0.25) is 9.36 Å². The summed E-state index contributed by atoms with van der Waals surface area (Å²) >= 11 is 1.22. The lowest BCUT2D eigenvalue weighted by molar-refractivity contribution is -0.138. The summed E-state index contributed by atoms with van der Waals surface area (Å²) in [5.41, 5.74) is 2.48. The molecule has 0 fully saturated rings. The van der Waals surface area contributed by atoms with Gasteiger partial charge in [0.05, 0.1) is 42.7 Å². The summed E-state index contributed by atoms with van der Waals surface area (Å²) in [6.45, 7) is 1.91. The number of phenolic OH excluding ortho intramolecular Hbond substituents is 1. The van der Waals surface area contributed by atoms with Gasteiger partial charge in [0, 0.05) is 5.56 Å². The van der Waals surface area contributed by atoms with Gasteiger partial charge in [0.15, 0.2) is 16.3 Å². The molecule has 9 heteroatoms. The summed E-state index contributed by atoms with van der Waals surface area (Å²) < 4.78 is 18.1. The molecule has 1 atom stereocenters. The van der Waals surface area contributed by atoms with Crippen LogP contribution in [0, 0.1) is 0 Å². The second kappa shape index (κ2) is 11.0. The van der Waals surface area contributed by atoms with Crippen LogP contribution in [0.2, 0.25) is 0 Å². The van der Waals surface area contributed by atoms with Crippen molar-refractivity contribution in [1.29, 1.82) is 0 Å². The van der Waals surface area contributed by atoms with E-state index in [0.717, 1.165) is 5.56 Å². The number of methoxy groups -OCH3 is 2. The van der Waals surface area contributed by atoms with E-state index < -0.39 is 12.0 Å². The number of rotatable bonds is 7. The van der Waals surface area contributed by atoms with E-state index in [2.05, 4.69) is 0 Å². The predicted molar refractivity (Wildman–Crippen MR) is 149 cm³/mol. The Bertz CT molecular complexity index is 1750. The lowest BCUT2D eigenvalue weighted by Crippen LogP contribution is -2.40. The van der Waals surface area contributed by atoms with Gasteiger partial charge >= 0.3 is 5.97 Å². The number of benzene rings is 3. The van der Waals surface area contributed by atoms with Gasteiger partial charge in [-0.15, -0.1) is 0 Å². The van der Waals surface area contributed by atoms with E-state index in [9.17, 15) is 14.7 Å². The standard InChI is InChI=1S/C30H26N2O6S/c1-4-38-29(35)25-26(19-9-6-5-7-10-19)31-30-32(27(25)20-11-8-12-21(17-20)36-2)28(34)24(39-30)16-18-13-14-22(33)23(15-18)37-3/h5-17,27,33H,4H2,1-3H3/b24-16-/t27-/m0/s1. The Hall–Kier alpha value is -4.63. The Morgan fingerprint density at radius 2 is 1.85 bits per heavy atom. The Labute approximate surface area is 228 Å². The maximum atomic E-state index is 13.9. The Kier molecular flexibility index (Phi) is 7.33. The number of fused-ring (bicyclic) bond motifs is 1. The first kappa shape index (κ1) is 26.0. The number of aromatic hydroxyl groups is 1. The number of ether oxygens (including phenoxy) is 3. The fourth-order valence-corrected chi connectivity index (χ4v) is 5.50. The van der Waals surface area contributed by atoms with Crippen LogP contribution in [0.4, 0.5) is 0 Å². The zero-order valence-corrected chi connectivity index (χ0v) is 22.4. The molecule has 1 aliphatic heterocycles. The van der Waals surface area contributed by atoms with Crippen LogP contribution in [0.1, 0.15) is 29.7 Å². The minimum Gasteiger partial charge on any atom is -0.504 e. The summed E-state index contributed by atoms with van der Waals surface area (Å²) in [6, 6.07) is 20.7. The van der Waals surface area contributed by atoms with Gasteiger partial charge in [0.25, 0.3) is 5.56 Å².